The van der Waals surface area contributed by atoms with Crippen LogP contribution >= 0.6 is 0 Å². The minimum Gasteiger partial charge on any atom is -0.316 e. The SMILES string of the molecule is CCCNCC1(CCC(C)C)CC2CCC1C2. The summed E-state index contributed by atoms with van der Waals surface area (Å²) in [6, 6.07) is 0. The van der Waals surface area contributed by atoms with E-state index in [1.165, 1.54) is 51.6 Å². The van der Waals surface area contributed by atoms with Crippen molar-refractivity contribution in [3.63, 3.8) is 0 Å². The fraction of sp³-hybridized carbons (Fsp3) is 1.00. The van der Waals surface area contributed by atoms with Crippen molar-refractivity contribution in [2.45, 2.75) is 65.7 Å². The molecule has 2 fully saturated rings. The largest absolute Gasteiger partial charge is 0.316 e. The van der Waals surface area contributed by atoms with Crippen LogP contribution in [0.5, 0.6) is 0 Å². The van der Waals surface area contributed by atoms with Crippen molar-refractivity contribution in [1.29, 1.82) is 0 Å². The van der Waals surface area contributed by atoms with Gasteiger partial charge in [-0.15, -0.1) is 0 Å². The maximum absolute atomic E-state index is 3.73. The van der Waals surface area contributed by atoms with Gasteiger partial charge < -0.3 is 5.32 Å². The summed E-state index contributed by atoms with van der Waals surface area (Å²) in [6.07, 6.45) is 10.3. The zero-order chi connectivity index (χ0) is 12.3. The van der Waals surface area contributed by atoms with Crippen LogP contribution in [-0.2, 0) is 0 Å². The smallest absolute Gasteiger partial charge is 0.00106 e. The van der Waals surface area contributed by atoms with Crippen molar-refractivity contribution >= 4 is 0 Å². The van der Waals surface area contributed by atoms with Crippen LogP contribution in [0.3, 0.4) is 0 Å². The summed E-state index contributed by atoms with van der Waals surface area (Å²) < 4.78 is 0. The van der Waals surface area contributed by atoms with Gasteiger partial charge in [-0.1, -0.05) is 33.6 Å². The van der Waals surface area contributed by atoms with E-state index in [-0.39, 0.29) is 0 Å². The minimum atomic E-state index is 0.683. The molecule has 0 heterocycles. The molecule has 0 aromatic rings. The van der Waals surface area contributed by atoms with Gasteiger partial charge in [-0.2, -0.15) is 0 Å². The molecule has 2 aliphatic carbocycles. The average Bonchev–Trinajstić information content (AvgIpc) is 2.87. The highest BCUT2D eigenvalue weighted by atomic mass is 14.9. The number of hydrogen-bond donors (Lipinski definition) is 1. The second kappa shape index (κ2) is 5.73. The molecule has 2 rings (SSSR count). The minimum absolute atomic E-state index is 0.683. The van der Waals surface area contributed by atoms with Crippen LogP contribution < -0.4 is 5.32 Å². The Morgan fingerprint density at radius 3 is 2.65 bits per heavy atom. The van der Waals surface area contributed by atoms with Crippen molar-refractivity contribution < 1.29 is 0 Å². The molecular weight excluding hydrogens is 206 g/mol. The van der Waals surface area contributed by atoms with Gasteiger partial charge in [-0.05, 0) is 61.8 Å². The van der Waals surface area contributed by atoms with E-state index in [2.05, 4.69) is 26.1 Å². The Balaban J connectivity index is 1.92. The lowest BCUT2D eigenvalue weighted by atomic mass is 9.69. The molecule has 0 aromatic heterocycles. The molecule has 100 valence electrons. The Morgan fingerprint density at radius 1 is 1.29 bits per heavy atom. The van der Waals surface area contributed by atoms with Gasteiger partial charge in [-0.25, -0.2) is 0 Å². The van der Waals surface area contributed by atoms with Crippen LogP contribution in [0, 0.1) is 23.2 Å². The third-order valence-electron chi connectivity index (χ3n) is 5.23. The van der Waals surface area contributed by atoms with Gasteiger partial charge >= 0.3 is 0 Å². The van der Waals surface area contributed by atoms with Crippen LogP contribution in [0.2, 0.25) is 0 Å². The Labute approximate surface area is 108 Å². The molecule has 1 N–H and O–H groups in total. The molecule has 0 aromatic carbocycles. The van der Waals surface area contributed by atoms with E-state index in [9.17, 15) is 0 Å². The van der Waals surface area contributed by atoms with Gasteiger partial charge in [0.05, 0.1) is 0 Å². The van der Waals surface area contributed by atoms with E-state index in [1.54, 1.807) is 6.42 Å². The summed E-state index contributed by atoms with van der Waals surface area (Å²) in [4.78, 5) is 0. The van der Waals surface area contributed by atoms with E-state index in [1.807, 2.05) is 0 Å². The maximum Gasteiger partial charge on any atom is 0.00106 e. The highest BCUT2D eigenvalue weighted by Gasteiger charge is 2.49. The molecule has 3 unspecified atom stereocenters. The van der Waals surface area contributed by atoms with Gasteiger partial charge in [0.15, 0.2) is 0 Å². The first-order valence-corrected chi connectivity index (χ1v) is 7.87. The lowest BCUT2D eigenvalue weighted by molar-refractivity contribution is 0.133. The molecule has 0 saturated heterocycles. The molecule has 2 bridgehead atoms. The summed E-state index contributed by atoms with van der Waals surface area (Å²) in [5, 5.41) is 3.73. The highest BCUT2D eigenvalue weighted by molar-refractivity contribution is 5.01. The lowest BCUT2D eigenvalue weighted by Gasteiger charge is -2.39. The Bertz CT molecular complexity index is 236. The molecule has 0 spiro atoms. The second-order valence-corrected chi connectivity index (χ2v) is 7.05. The molecule has 3 atom stereocenters. The predicted molar refractivity (Wildman–Crippen MR) is 75.1 cm³/mol. The normalized spacial score (nSPS) is 36.0. The second-order valence-electron chi connectivity index (χ2n) is 7.05. The van der Waals surface area contributed by atoms with Gasteiger partial charge in [-0.3, -0.25) is 0 Å². The molecule has 0 aliphatic heterocycles. The first kappa shape index (κ1) is 13.4. The number of nitrogens with one attached hydrogen (secondary N) is 1. The molecule has 17 heavy (non-hydrogen) atoms. The Kier molecular flexibility index (Phi) is 4.52. The fourth-order valence-electron chi connectivity index (χ4n) is 4.26. The summed E-state index contributed by atoms with van der Waals surface area (Å²) in [7, 11) is 0. The third-order valence-corrected chi connectivity index (χ3v) is 5.23. The van der Waals surface area contributed by atoms with Crippen molar-refractivity contribution in [1.82, 2.24) is 5.32 Å². The summed E-state index contributed by atoms with van der Waals surface area (Å²) in [5.41, 5.74) is 0.683. The third kappa shape index (κ3) is 3.05. The van der Waals surface area contributed by atoms with E-state index in [0.717, 1.165) is 17.8 Å². The first-order valence-electron chi connectivity index (χ1n) is 7.87. The Morgan fingerprint density at radius 2 is 2.12 bits per heavy atom. The van der Waals surface area contributed by atoms with Crippen molar-refractivity contribution in [3.8, 4) is 0 Å². The lowest BCUT2D eigenvalue weighted by Crippen LogP contribution is -2.39. The number of fused-ring (bicyclic) bond motifs is 2. The number of rotatable bonds is 7. The van der Waals surface area contributed by atoms with Crippen molar-refractivity contribution in [2.24, 2.45) is 23.2 Å². The van der Waals surface area contributed by atoms with Gasteiger partial charge in [0, 0.05) is 6.54 Å². The van der Waals surface area contributed by atoms with Crippen LogP contribution in [0.25, 0.3) is 0 Å². The molecule has 2 saturated carbocycles. The van der Waals surface area contributed by atoms with Crippen LogP contribution in [0.1, 0.15) is 65.7 Å². The Hall–Kier alpha value is -0.0400. The molecule has 0 radical (unpaired) electrons. The standard InChI is InChI=1S/C16H31N/c1-4-9-17-12-16(8-7-13(2)3)11-14-5-6-15(16)10-14/h13-15,17H,4-12H2,1-3H3. The predicted octanol–water partition coefficient (Wildman–Crippen LogP) is 4.23. The highest BCUT2D eigenvalue weighted by Crippen LogP contribution is 2.57. The van der Waals surface area contributed by atoms with E-state index in [4.69, 9.17) is 0 Å². The van der Waals surface area contributed by atoms with Gasteiger partial charge in [0.1, 0.15) is 0 Å². The monoisotopic (exact) mass is 237 g/mol. The molecular formula is C16H31N. The summed E-state index contributed by atoms with van der Waals surface area (Å²) >= 11 is 0. The maximum atomic E-state index is 3.73. The van der Waals surface area contributed by atoms with Crippen LogP contribution in [0.4, 0.5) is 0 Å². The molecule has 0 amide bonds. The van der Waals surface area contributed by atoms with Gasteiger partial charge in [0.2, 0.25) is 0 Å². The number of hydrogen-bond acceptors (Lipinski definition) is 1. The quantitative estimate of drug-likeness (QED) is 0.653. The van der Waals surface area contributed by atoms with Crippen LogP contribution in [0.15, 0.2) is 0 Å². The summed E-state index contributed by atoms with van der Waals surface area (Å²) in [5.74, 6) is 3.00. The molecule has 1 nitrogen and oxygen atoms in total. The molecule has 1 heteroatoms. The average molecular weight is 237 g/mol. The van der Waals surface area contributed by atoms with Gasteiger partial charge in [0.25, 0.3) is 0 Å². The zero-order valence-electron chi connectivity index (χ0n) is 12.1. The molecule has 2 aliphatic rings. The zero-order valence-corrected chi connectivity index (χ0v) is 12.1. The van der Waals surface area contributed by atoms with Crippen LogP contribution in [-0.4, -0.2) is 13.1 Å². The topological polar surface area (TPSA) is 12.0 Å². The van der Waals surface area contributed by atoms with Crippen molar-refractivity contribution in [2.75, 3.05) is 13.1 Å². The van der Waals surface area contributed by atoms with Crippen molar-refractivity contribution in [3.05, 3.63) is 0 Å². The van der Waals surface area contributed by atoms with E-state index >= 15 is 0 Å². The summed E-state index contributed by atoms with van der Waals surface area (Å²) in [6.45, 7) is 9.53. The fourth-order valence-corrected chi connectivity index (χ4v) is 4.26. The first-order chi connectivity index (χ1) is 8.16. The van der Waals surface area contributed by atoms with E-state index < -0.39 is 0 Å². The van der Waals surface area contributed by atoms with E-state index in [0.29, 0.717) is 5.41 Å².